The first-order valence-corrected chi connectivity index (χ1v) is 10.2. The Morgan fingerprint density at radius 2 is 2.12 bits per heavy atom. The standard InChI is InChI=1S/C18H16ClF5N4O3S/c1-17(14(29)26-4-5-28(17)15(25)30)11(8-2-3-9(20)12(19)13(8)21)10-6-27-16(32-10)31-7-18(22,23)24/h2-3,6,11H,4-5,7H2,1H3,(H2,25,30)(H,26,29)/t11-,17?/m0/s1. The van der Waals surface area contributed by atoms with Crippen LogP contribution in [0.4, 0.5) is 26.7 Å². The van der Waals surface area contributed by atoms with Crippen molar-refractivity contribution >= 4 is 34.9 Å². The number of piperazine rings is 1. The SMILES string of the molecule is CC1([C@H](c2cnc(OCC(F)(F)F)s2)c2ccc(F)c(Cl)c2F)C(=O)NCCN1C(N)=O. The van der Waals surface area contributed by atoms with Crippen molar-refractivity contribution in [3.63, 3.8) is 0 Å². The van der Waals surface area contributed by atoms with Gasteiger partial charge in [-0.1, -0.05) is 29.0 Å². The monoisotopic (exact) mass is 498 g/mol. The molecule has 0 radical (unpaired) electrons. The van der Waals surface area contributed by atoms with Gasteiger partial charge >= 0.3 is 12.2 Å². The van der Waals surface area contributed by atoms with E-state index < -0.39 is 58.0 Å². The molecule has 1 unspecified atom stereocenters. The van der Waals surface area contributed by atoms with Gasteiger partial charge in [-0.3, -0.25) is 4.79 Å². The molecule has 2 heterocycles. The number of rotatable bonds is 5. The summed E-state index contributed by atoms with van der Waals surface area (Å²) < 4.78 is 70.9. The van der Waals surface area contributed by atoms with Gasteiger partial charge in [0.05, 0.1) is 5.92 Å². The zero-order valence-electron chi connectivity index (χ0n) is 16.3. The normalized spacial score (nSPS) is 20.1. The third-order valence-corrected chi connectivity index (χ3v) is 6.31. The Morgan fingerprint density at radius 3 is 2.75 bits per heavy atom. The molecule has 32 heavy (non-hydrogen) atoms. The van der Waals surface area contributed by atoms with Crippen molar-refractivity contribution in [2.75, 3.05) is 19.7 Å². The number of alkyl halides is 3. The Kier molecular flexibility index (Phi) is 6.52. The fraction of sp³-hybridized carbons (Fsp3) is 0.389. The maximum absolute atomic E-state index is 15.1. The fourth-order valence-corrected chi connectivity index (χ4v) is 4.73. The molecule has 3 rings (SSSR count). The summed E-state index contributed by atoms with van der Waals surface area (Å²) in [6.45, 7) is -0.268. The lowest BCUT2D eigenvalue weighted by atomic mass is 9.76. The highest BCUT2D eigenvalue weighted by Crippen LogP contribution is 2.45. The second-order valence-electron chi connectivity index (χ2n) is 7.02. The van der Waals surface area contributed by atoms with Crippen LogP contribution < -0.4 is 15.8 Å². The predicted molar refractivity (Wildman–Crippen MR) is 105 cm³/mol. The molecule has 1 saturated heterocycles. The van der Waals surface area contributed by atoms with E-state index >= 15 is 4.39 Å². The van der Waals surface area contributed by atoms with E-state index in [-0.39, 0.29) is 23.5 Å². The lowest BCUT2D eigenvalue weighted by Gasteiger charge is -2.47. The molecule has 0 bridgehead atoms. The van der Waals surface area contributed by atoms with Crippen LogP contribution in [0.2, 0.25) is 5.02 Å². The number of halogens is 6. The molecule has 1 aliphatic heterocycles. The zero-order valence-corrected chi connectivity index (χ0v) is 17.9. The summed E-state index contributed by atoms with van der Waals surface area (Å²) in [7, 11) is 0. The lowest BCUT2D eigenvalue weighted by Crippen LogP contribution is -2.68. The van der Waals surface area contributed by atoms with Gasteiger partial charge in [-0.2, -0.15) is 13.2 Å². The highest BCUT2D eigenvalue weighted by atomic mass is 35.5. The van der Waals surface area contributed by atoms with E-state index in [0.717, 1.165) is 23.2 Å². The van der Waals surface area contributed by atoms with Crippen molar-refractivity contribution in [2.24, 2.45) is 5.73 Å². The minimum absolute atomic E-state index is 0.0269. The third kappa shape index (κ3) is 4.44. The van der Waals surface area contributed by atoms with Gasteiger partial charge in [0.1, 0.15) is 22.2 Å². The summed E-state index contributed by atoms with van der Waals surface area (Å²) in [5.74, 6) is -4.32. The Hall–Kier alpha value is -2.67. The Balaban J connectivity index is 2.17. The molecule has 0 aliphatic carbocycles. The molecule has 1 aliphatic rings. The maximum Gasteiger partial charge on any atom is 0.422 e. The quantitative estimate of drug-likeness (QED) is 0.487. The summed E-state index contributed by atoms with van der Waals surface area (Å²) >= 11 is 6.33. The van der Waals surface area contributed by atoms with Gasteiger partial charge in [-0.25, -0.2) is 18.6 Å². The molecule has 1 aromatic heterocycles. The van der Waals surface area contributed by atoms with E-state index in [1.54, 1.807) is 0 Å². The minimum atomic E-state index is -4.63. The molecule has 174 valence electrons. The van der Waals surface area contributed by atoms with Gasteiger partial charge < -0.3 is 20.7 Å². The first-order valence-electron chi connectivity index (χ1n) is 9.00. The Morgan fingerprint density at radius 1 is 1.44 bits per heavy atom. The van der Waals surface area contributed by atoms with Crippen LogP contribution in [-0.4, -0.2) is 53.2 Å². The number of hydrogen-bond donors (Lipinski definition) is 2. The highest BCUT2D eigenvalue weighted by molar-refractivity contribution is 7.13. The third-order valence-electron chi connectivity index (χ3n) is 4.99. The lowest BCUT2D eigenvalue weighted by molar-refractivity contribution is -0.153. The molecule has 2 aromatic rings. The van der Waals surface area contributed by atoms with E-state index in [2.05, 4.69) is 15.0 Å². The minimum Gasteiger partial charge on any atom is -0.460 e. The molecular weight excluding hydrogens is 483 g/mol. The number of benzene rings is 1. The van der Waals surface area contributed by atoms with E-state index in [4.69, 9.17) is 17.3 Å². The summed E-state index contributed by atoms with van der Waals surface area (Å²) in [5.41, 5.74) is 3.33. The van der Waals surface area contributed by atoms with Crippen LogP contribution in [0.15, 0.2) is 18.3 Å². The van der Waals surface area contributed by atoms with Crippen molar-refractivity contribution in [3.05, 3.63) is 45.4 Å². The highest BCUT2D eigenvalue weighted by Gasteiger charge is 2.52. The number of carbonyl (C=O) groups excluding carboxylic acids is 2. The second kappa shape index (κ2) is 8.70. The number of urea groups is 1. The number of thiazole rings is 1. The van der Waals surface area contributed by atoms with Crippen LogP contribution in [0.25, 0.3) is 0 Å². The van der Waals surface area contributed by atoms with Crippen molar-refractivity contribution in [3.8, 4) is 5.19 Å². The van der Waals surface area contributed by atoms with Crippen LogP contribution in [0.5, 0.6) is 5.19 Å². The molecule has 1 aromatic carbocycles. The number of amides is 3. The number of carbonyl (C=O) groups is 2. The van der Waals surface area contributed by atoms with E-state index in [1.807, 2.05) is 0 Å². The predicted octanol–water partition coefficient (Wildman–Crippen LogP) is 3.42. The summed E-state index contributed by atoms with van der Waals surface area (Å²) in [5, 5.41) is 1.31. The number of ether oxygens (including phenoxy) is 1. The number of nitrogens with one attached hydrogen (secondary N) is 1. The van der Waals surface area contributed by atoms with Crippen molar-refractivity contribution < 1.29 is 36.3 Å². The first-order chi connectivity index (χ1) is 14.9. The zero-order chi connectivity index (χ0) is 23.8. The summed E-state index contributed by atoms with van der Waals surface area (Å²) in [6.07, 6.45) is -3.54. The molecule has 1 fully saturated rings. The number of hydrogen-bond acceptors (Lipinski definition) is 5. The van der Waals surface area contributed by atoms with Crippen LogP contribution in [0.1, 0.15) is 23.3 Å². The van der Waals surface area contributed by atoms with E-state index in [0.29, 0.717) is 11.3 Å². The number of nitrogens with zero attached hydrogens (tertiary/aromatic N) is 2. The molecule has 2 atom stereocenters. The maximum atomic E-state index is 15.1. The second-order valence-corrected chi connectivity index (χ2v) is 8.43. The van der Waals surface area contributed by atoms with Gasteiger partial charge in [-0.15, -0.1) is 0 Å². The molecule has 7 nitrogen and oxygen atoms in total. The number of nitrogens with two attached hydrogens (primary N) is 1. The first kappa shape index (κ1) is 24.0. The molecular formula is C18H16ClF5N4O3S. The molecule has 3 N–H and O–H groups in total. The van der Waals surface area contributed by atoms with E-state index in [9.17, 15) is 27.2 Å². The van der Waals surface area contributed by atoms with Crippen molar-refractivity contribution in [1.82, 2.24) is 15.2 Å². The average Bonchev–Trinajstić information content (AvgIpc) is 3.16. The van der Waals surface area contributed by atoms with Gasteiger partial charge in [0.25, 0.3) is 5.19 Å². The molecule has 3 amide bonds. The number of primary amides is 1. The fourth-order valence-electron chi connectivity index (χ4n) is 3.55. The Bertz CT molecular complexity index is 1050. The van der Waals surface area contributed by atoms with Gasteiger partial charge in [-0.05, 0) is 13.0 Å². The smallest absolute Gasteiger partial charge is 0.422 e. The van der Waals surface area contributed by atoms with Crippen molar-refractivity contribution in [2.45, 2.75) is 24.6 Å². The summed E-state index contributed by atoms with van der Waals surface area (Å²) in [4.78, 5) is 29.9. The Labute approximate surface area is 187 Å². The van der Waals surface area contributed by atoms with E-state index in [1.165, 1.54) is 6.92 Å². The van der Waals surface area contributed by atoms with Crippen LogP contribution in [0, 0.1) is 11.6 Å². The van der Waals surface area contributed by atoms with Crippen molar-refractivity contribution in [1.29, 1.82) is 0 Å². The van der Waals surface area contributed by atoms with Gasteiger partial charge in [0, 0.05) is 29.7 Å². The van der Waals surface area contributed by atoms with Crippen LogP contribution >= 0.6 is 22.9 Å². The topological polar surface area (TPSA) is 97.6 Å². The van der Waals surface area contributed by atoms with Crippen LogP contribution in [0.3, 0.4) is 0 Å². The summed E-state index contributed by atoms with van der Waals surface area (Å²) in [6, 6.07) is 0.914. The largest absolute Gasteiger partial charge is 0.460 e. The van der Waals surface area contributed by atoms with Gasteiger partial charge in [0.15, 0.2) is 6.61 Å². The average molecular weight is 499 g/mol. The number of aromatic nitrogens is 1. The van der Waals surface area contributed by atoms with Gasteiger partial charge in [0.2, 0.25) is 5.91 Å². The molecule has 0 spiro atoms. The van der Waals surface area contributed by atoms with Crippen LogP contribution in [-0.2, 0) is 4.79 Å². The molecule has 14 heteroatoms. The molecule has 0 saturated carbocycles.